The van der Waals surface area contributed by atoms with Crippen LogP contribution in [0.15, 0.2) is 30.5 Å². The van der Waals surface area contributed by atoms with E-state index in [1.807, 2.05) is 0 Å². The molecular weight excluding hydrogens is 457 g/mol. The summed E-state index contributed by atoms with van der Waals surface area (Å²) in [6.07, 6.45) is 0.498. The Morgan fingerprint density at radius 2 is 2.00 bits per heavy atom. The van der Waals surface area contributed by atoms with Gasteiger partial charge in [-0.15, -0.1) is 0 Å². The van der Waals surface area contributed by atoms with Gasteiger partial charge in [-0.1, -0.05) is 42.8 Å². The average Bonchev–Trinajstić information content (AvgIpc) is 2.92. The molecule has 7 nitrogen and oxygen atoms in total. The van der Waals surface area contributed by atoms with Crippen LogP contribution in [-0.2, 0) is 11.5 Å². The quantitative estimate of drug-likeness (QED) is 0.271. The number of carbonyl (C=O) groups is 1. The molecule has 0 saturated heterocycles. The largest absolute Gasteiger partial charge is 0.465 e. The van der Waals surface area contributed by atoms with E-state index in [1.165, 1.54) is 0 Å². The molecule has 3 aromatic rings. The third kappa shape index (κ3) is 5.71. The molecule has 31 heavy (non-hydrogen) atoms. The number of hydrogen-bond acceptors (Lipinski definition) is 4. The minimum Gasteiger partial charge on any atom is -0.465 e. The Morgan fingerprint density at radius 3 is 2.65 bits per heavy atom. The Morgan fingerprint density at radius 1 is 1.26 bits per heavy atom. The number of amides is 1. The van der Waals surface area contributed by atoms with Crippen LogP contribution in [0.25, 0.3) is 11.0 Å². The Hall–Kier alpha value is -2.26. The zero-order chi connectivity index (χ0) is 22.8. The van der Waals surface area contributed by atoms with Crippen molar-refractivity contribution in [3.05, 3.63) is 46.2 Å². The number of hydrogen-bond donors (Lipinski definition) is 2. The Kier molecular flexibility index (Phi) is 7.16. The molecule has 3 rings (SSSR count). The fraction of sp³-hybridized carbons (Fsp3) is 0.333. The van der Waals surface area contributed by atoms with Gasteiger partial charge >= 0.3 is 6.09 Å². The van der Waals surface area contributed by atoms with Crippen molar-refractivity contribution in [3.63, 3.8) is 0 Å². The molecule has 1 amide bonds. The highest BCUT2D eigenvalue weighted by Crippen LogP contribution is 2.40. The molecular formula is C21H25Cl2N3O4Si. The first-order chi connectivity index (χ1) is 14.6. The van der Waals surface area contributed by atoms with Crippen LogP contribution in [0.4, 0.5) is 10.5 Å². The van der Waals surface area contributed by atoms with Crippen LogP contribution in [0.1, 0.15) is 5.56 Å². The van der Waals surface area contributed by atoms with Gasteiger partial charge in [0.05, 0.1) is 10.4 Å². The zero-order valence-electron chi connectivity index (χ0n) is 17.8. The maximum absolute atomic E-state index is 10.9. The van der Waals surface area contributed by atoms with Crippen LogP contribution in [0.5, 0.6) is 11.5 Å². The molecule has 0 spiro atoms. The van der Waals surface area contributed by atoms with Crippen molar-refractivity contribution in [1.29, 1.82) is 0 Å². The van der Waals surface area contributed by atoms with Gasteiger partial charge in [-0.3, -0.25) is 9.88 Å². The number of rotatable bonds is 8. The molecule has 0 bridgehead atoms. The molecule has 2 heterocycles. The molecule has 0 unspecified atom stereocenters. The van der Waals surface area contributed by atoms with Crippen LogP contribution >= 0.6 is 23.2 Å². The van der Waals surface area contributed by atoms with Crippen molar-refractivity contribution in [1.82, 2.24) is 9.55 Å². The van der Waals surface area contributed by atoms with Gasteiger partial charge < -0.3 is 14.6 Å². The first-order valence-corrected chi connectivity index (χ1v) is 14.2. The normalized spacial score (nSPS) is 11.7. The van der Waals surface area contributed by atoms with Crippen molar-refractivity contribution >= 4 is 54.1 Å². The Bertz CT molecular complexity index is 1110. The summed E-state index contributed by atoms with van der Waals surface area (Å²) in [6, 6.07) is 7.81. The minimum atomic E-state index is -1.19. The SMILES string of the molecule is Cc1cc(Oc2ccnc3c2c(Cl)c(Cl)n3COCC[Si](C)(C)C)ccc1NC(=O)O. The summed E-state index contributed by atoms with van der Waals surface area (Å²) in [5, 5.41) is 12.5. The van der Waals surface area contributed by atoms with Crippen molar-refractivity contribution in [3.8, 4) is 11.5 Å². The molecule has 0 fully saturated rings. The molecule has 166 valence electrons. The molecule has 10 heteroatoms. The molecule has 2 aromatic heterocycles. The molecule has 0 aliphatic heterocycles. The number of aryl methyl sites for hydroxylation is 1. The monoisotopic (exact) mass is 481 g/mol. The fourth-order valence-electron chi connectivity index (χ4n) is 2.98. The summed E-state index contributed by atoms with van der Waals surface area (Å²) in [5.74, 6) is 1.03. The van der Waals surface area contributed by atoms with Gasteiger partial charge in [-0.25, -0.2) is 9.78 Å². The second-order valence-corrected chi connectivity index (χ2v) is 14.8. The standard InChI is InChI=1S/C21H25Cl2N3O4Si/c1-13-11-14(5-6-15(13)25-21(27)28)30-16-7-8-24-20-17(16)18(22)19(23)26(20)12-29-9-10-31(2,3)4/h5-8,11,25H,9-10,12H2,1-4H3,(H,27,28). The van der Waals surface area contributed by atoms with Gasteiger partial charge in [0.15, 0.2) is 0 Å². The van der Waals surface area contributed by atoms with Gasteiger partial charge in [0.1, 0.15) is 29.0 Å². The predicted molar refractivity (Wildman–Crippen MR) is 127 cm³/mol. The third-order valence-corrected chi connectivity index (χ3v) is 7.23. The smallest absolute Gasteiger partial charge is 0.409 e. The van der Waals surface area contributed by atoms with Crippen LogP contribution in [0.3, 0.4) is 0 Å². The van der Waals surface area contributed by atoms with Gasteiger partial charge in [0.25, 0.3) is 0 Å². The minimum absolute atomic E-state index is 0.248. The van der Waals surface area contributed by atoms with Gasteiger partial charge in [-0.05, 0) is 42.8 Å². The Balaban J connectivity index is 1.86. The number of aromatic nitrogens is 2. The van der Waals surface area contributed by atoms with Crippen LogP contribution in [0, 0.1) is 6.92 Å². The van der Waals surface area contributed by atoms with Crippen LogP contribution in [0.2, 0.25) is 35.9 Å². The van der Waals surface area contributed by atoms with E-state index in [4.69, 9.17) is 37.8 Å². The zero-order valence-corrected chi connectivity index (χ0v) is 20.3. The highest BCUT2D eigenvalue weighted by Gasteiger charge is 2.20. The molecule has 2 N–H and O–H groups in total. The maximum Gasteiger partial charge on any atom is 0.409 e. The predicted octanol–water partition coefficient (Wildman–Crippen LogP) is 6.85. The fourth-order valence-corrected chi connectivity index (χ4v) is 4.24. The topological polar surface area (TPSA) is 85.6 Å². The lowest BCUT2D eigenvalue weighted by Crippen LogP contribution is -2.22. The van der Waals surface area contributed by atoms with E-state index < -0.39 is 14.2 Å². The van der Waals surface area contributed by atoms with E-state index in [2.05, 4.69) is 29.9 Å². The lowest BCUT2D eigenvalue weighted by molar-refractivity contribution is 0.0900. The molecule has 0 aliphatic rings. The second kappa shape index (κ2) is 9.48. The van der Waals surface area contributed by atoms with Gasteiger partial charge in [0, 0.05) is 26.6 Å². The number of benzene rings is 1. The number of carboxylic acid groups (broad SMARTS) is 1. The Labute approximate surface area is 191 Å². The highest BCUT2D eigenvalue weighted by atomic mass is 35.5. The molecule has 1 aromatic carbocycles. The van der Waals surface area contributed by atoms with Crippen molar-refractivity contribution in [2.24, 2.45) is 0 Å². The number of ether oxygens (including phenoxy) is 2. The third-order valence-electron chi connectivity index (χ3n) is 4.67. The summed E-state index contributed by atoms with van der Waals surface area (Å²) in [4.78, 5) is 15.3. The van der Waals surface area contributed by atoms with Crippen molar-refractivity contribution in [2.75, 3.05) is 11.9 Å². The second-order valence-electron chi connectivity index (χ2n) is 8.40. The average molecular weight is 482 g/mol. The number of nitrogens with zero attached hydrogens (tertiary/aromatic N) is 2. The maximum atomic E-state index is 10.9. The first kappa shape index (κ1) is 23.4. The van der Waals surface area contributed by atoms with Gasteiger partial charge in [0.2, 0.25) is 0 Å². The van der Waals surface area contributed by atoms with E-state index in [-0.39, 0.29) is 6.73 Å². The van der Waals surface area contributed by atoms with E-state index in [0.717, 1.165) is 11.6 Å². The van der Waals surface area contributed by atoms with Crippen LogP contribution < -0.4 is 10.1 Å². The van der Waals surface area contributed by atoms with Crippen LogP contribution in [-0.4, -0.2) is 35.4 Å². The number of fused-ring (bicyclic) bond motifs is 1. The lowest BCUT2D eigenvalue weighted by Gasteiger charge is -2.16. The molecule has 0 radical (unpaired) electrons. The van der Waals surface area contributed by atoms with E-state index in [0.29, 0.717) is 45.0 Å². The number of halogens is 2. The summed E-state index contributed by atoms with van der Waals surface area (Å²) >= 11 is 13.0. The highest BCUT2D eigenvalue weighted by molar-refractivity contribution is 6.76. The number of nitrogens with one attached hydrogen (secondary N) is 1. The lowest BCUT2D eigenvalue weighted by atomic mass is 10.2. The summed E-state index contributed by atoms with van der Waals surface area (Å²) < 4.78 is 13.6. The molecule has 0 atom stereocenters. The summed E-state index contributed by atoms with van der Waals surface area (Å²) in [6.45, 7) is 9.57. The molecule has 0 aliphatic carbocycles. The van der Waals surface area contributed by atoms with Gasteiger partial charge in [-0.2, -0.15) is 0 Å². The summed E-state index contributed by atoms with van der Waals surface area (Å²) in [7, 11) is -1.19. The number of pyridine rings is 1. The number of anilines is 1. The summed E-state index contributed by atoms with van der Waals surface area (Å²) in [5.41, 5.74) is 1.78. The first-order valence-electron chi connectivity index (χ1n) is 9.75. The van der Waals surface area contributed by atoms with E-state index in [9.17, 15) is 4.79 Å². The van der Waals surface area contributed by atoms with E-state index in [1.54, 1.807) is 42.0 Å². The molecule has 0 saturated carbocycles. The van der Waals surface area contributed by atoms with E-state index >= 15 is 0 Å². The van der Waals surface area contributed by atoms with Crippen molar-refractivity contribution in [2.45, 2.75) is 39.3 Å². The van der Waals surface area contributed by atoms with Crippen molar-refractivity contribution < 1.29 is 19.4 Å².